The van der Waals surface area contributed by atoms with Crippen molar-refractivity contribution in [3.63, 3.8) is 0 Å². The number of piperidine rings is 1. The van der Waals surface area contributed by atoms with E-state index in [1.165, 1.54) is 19.4 Å². The minimum absolute atomic E-state index is 0.763. The largest absolute Gasteiger partial charge is 0.325 e. The van der Waals surface area contributed by atoms with Gasteiger partial charge in [0.1, 0.15) is 0 Å². The Morgan fingerprint density at radius 3 is 3.23 bits per heavy atom. The fourth-order valence-electron chi connectivity index (χ4n) is 1.81. The standard InChI is InChI=1S/C9H14BrN3/c10-9-12-4-5-13(9)7-8-2-1-3-11-6-8/h4-5,8,11H,1-3,6-7H2. The van der Waals surface area contributed by atoms with Crippen molar-refractivity contribution in [1.82, 2.24) is 14.9 Å². The molecular formula is C9H14BrN3. The summed E-state index contributed by atoms with van der Waals surface area (Å²) < 4.78 is 3.11. The van der Waals surface area contributed by atoms with Crippen LogP contribution in [0.1, 0.15) is 12.8 Å². The van der Waals surface area contributed by atoms with Crippen LogP contribution in [-0.2, 0) is 6.54 Å². The van der Waals surface area contributed by atoms with E-state index in [0.29, 0.717) is 0 Å². The number of hydrogen-bond donors (Lipinski definition) is 1. The van der Waals surface area contributed by atoms with Gasteiger partial charge in [0.15, 0.2) is 4.73 Å². The van der Waals surface area contributed by atoms with Crippen LogP contribution in [-0.4, -0.2) is 22.6 Å². The van der Waals surface area contributed by atoms with Crippen molar-refractivity contribution in [2.24, 2.45) is 5.92 Å². The van der Waals surface area contributed by atoms with E-state index < -0.39 is 0 Å². The highest BCUT2D eigenvalue weighted by atomic mass is 79.9. The molecule has 1 unspecified atom stereocenters. The van der Waals surface area contributed by atoms with Crippen LogP contribution in [0.25, 0.3) is 0 Å². The van der Waals surface area contributed by atoms with Gasteiger partial charge >= 0.3 is 0 Å². The molecule has 0 bridgehead atoms. The maximum atomic E-state index is 4.14. The van der Waals surface area contributed by atoms with Crippen LogP contribution in [0.3, 0.4) is 0 Å². The maximum absolute atomic E-state index is 4.14. The third-order valence-corrected chi connectivity index (χ3v) is 3.18. The second-order valence-electron chi connectivity index (χ2n) is 3.56. The van der Waals surface area contributed by atoms with E-state index in [1.54, 1.807) is 0 Å². The molecule has 0 radical (unpaired) electrons. The first-order valence-electron chi connectivity index (χ1n) is 4.73. The number of rotatable bonds is 2. The first-order chi connectivity index (χ1) is 6.36. The SMILES string of the molecule is Brc1nccn1CC1CCCNC1. The summed E-state index contributed by atoms with van der Waals surface area (Å²) in [6.07, 6.45) is 6.49. The molecule has 3 nitrogen and oxygen atoms in total. The quantitative estimate of drug-likeness (QED) is 0.857. The molecule has 0 aliphatic carbocycles. The van der Waals surface area contributed by atoms with E-state index in [-0.39, 0.29) is 0 Å². The van der Waals surface area contributed by atoms with Gasteiger partial charge in [0, 0.05) is 18.9 Å². The molecular weight excluding hydrogens is 230 g/mol. The van der Waals surface area contributed by atoms with E-state index in [0.717, 1.165) is 23.7 Å². The zero-order valence-corrected chi connectivity index (χ0v) is 9.13. The van der Waals surface area contributed by atoms with E-state index >= 15 is 0 Å². The smallest absolute Gasteiger partial charge is 0.177 e. The Kier molecular flexibility index (Phi) is 3.01. The van der Waals surface area contributed by atoms with E-state index in [2.05, 4.69) is 30.8 Å². The number of hydrogen-bond acceptors (Lipinski definition) is 2. The van der Waals surface area contributed by atoms with Crippen molar-refractivity contribution in [2.45, 2.75) is 19.4 Å². The van der Waals surface area contributed by atoms with Gasteiger partial charge in [-0.05, 0) is 47.8 Å². The molecule has 72 valence electrons. The maximum Gasteiger partial charge on any atom is 0.177 e. The van der Waals surface area contributed by atoms with Crippen LogP contribution in [0.2, 0.25) is 0 Å². The van der Waals surface area contributed by atoms with Crippen molar-refractivity contribution >= 4 is 15.9 Å². The summed E-state index contributed by atoms with van der Waals surface area (Å²) >= 11 is 3.42. The minimum atomic E-state index is 0.763. The van der Waals surface area contributed by atoms with Crippen molar-refractivity contribution in [3.8, 4) is 0 Å². The number of nitrogens with one attached hydrogen (secondary N) is 1. The molecule has 0 aromatic carbocycles. The highest BCUT2D eigenvalue weighted by Crippen LogP contribution is 2.15. The Labute approximate surface area is 86.7 Å². The molecule has 1 aliphatic heterocycles. The van der Waals surface area contributed by atoms with Gasteiger partial charge in [-0.25, -0.2) is 4.98 Å². The zero-order chi connectivity index (χ0) is 9.10. The van der Waals surface area contributed by atoms with Gasteiger partial charge in [0.05, 0.1) is 0 Å². The molecule has 2 heterocycles. The average molecular weight is 244 g/mol. The summed E-state index contributed by atoms with van der Waals surface area (Å²) in [4.78, 5) is 4.14. The van der Waals surface area contributed by atoms with Gasteiger partial charge < -0.3 is 9.88 Å². The van der Waals surface area contributed by atoms with Gasteiger partial charge in [-0.1, -0.05) is 0 Å². The number of nitrogens with zero attached hydrogens (tertiary/aromatic N) is 2. The van der Waals surface area contributed by atoms with Gasteiger partial charge in [-0.2, -0.15) is 0 Å². The Morgan fingerprint density at radius 2 is 2.62 bits per heavy atom. The summed E-state index contributed by atoms with van der Waals surface area (Å²) in [5.74, 6) is 0.763. The fourth-order valence-corrected chi connectivity index (χ4v) is 2.19. The first-order valence-corrected chi connectivity index (χ1v) is 5.53. The molecule has 0 spiro atoms. The van der Waals surface area contributed by atoms with Crippen LogP contribution < -0.4 is 5.32 Å². The molecule has 1 saturated heterocycles. The topological polar surface area (TPSA) is 29.9 Å². The third kappa shape index (κ3) is 2.31. The van der Waals surface area contributed by atoms with Crippen LogP contribution in [0, 0.1) is 5.92 Å². The molecule has 1 aromatic heterocycles. The van der Waals surface area contributed by atoms with Gasteiger partial charge in [-0.15, -0.1) is 0 Å². The molecule has 1 aliphatic rings. The van der Waals surface area contributed by atoms with E-state index in [9.17, 15) is 0 Å². The Bertz CT molecular complexity index is 266. The second kappa shape index (κ2) is 4.24. The molecule has 13 heavy (non-hydrogen) atoms. The predicted octanol–water partition coefficient (Wildman–Crippen LogP) is 1.65. The highest BCUT2D eigenvalue weighted by molar-refractivity contribution is 9.10. The molecule has 1 atom stereocenters. The minimum Gasteiger partial charge on any atom is -0.325 e. The predicted molar refractivity (Wildman–Crippen MR) is 55.5 cm³/mol. The lowest BCUT2D eigenvalue weighted by Gasteiger charge is -2.23. The van der Waals surface area contributed by atoms with Crippen LogP contribution >= 0.6 is 15.9 Å². The lowest BCUT2D eigenvalue weighted by atomic mass is 10.00. The fraction of sp³-hybridized carbons (Fsp3) is 0.667. The summed E-state index contributed by atoms with van der Waals surface area (Å²) in [5, 5.41) is 3.42. The molecule has 1 fully saturated rings. The number of aromatic nitrogens is 2. The molecule has 1 aromatic rings. The van der Waals surface area contributed by atoms with Crippen molar-refractivity contribution in [3.05, 3.63) is 17.1 Å². The summed E-state index contributed by atoms with van der Waals surface area (Å²) in [7, 11) is 0. The molecule has 1 N–H and O–H groups in total. The van der Waals surface area contributed by atoms with Gasteiger partial charge in [0.2, 0.25) is 0 Å². The summed E-state index contributed by atoms with van der Waals surface area (Å²) in [5.41, 5.74) is 0. The number of imidazole rings is 1. The third-order valence-electron chi connectivity index (χ3n) is 2.52. The zero-order valence-electron chi connectivity index (χ0n) is 7.54. The van der Waals surface area contributed by atoms with Crippen molar-refractivity contribution in [1.29, 1.82) is 0 Å². The molecule has 4 heteroatoms. The van der Waals surface area contributed by atoms with Crippen molar-refractivity contribution in [2.75, 3.05) is 13.1 Å². The molecule has 0 saturated carbocycles. The van der Waals surface area contributed by atoms with E-state index in [1.807, 2.05) is 12.4 Å². The Hall–Kier alpha value is -0.350. The molecule has 2 rings (SSSR count). The molecule has 0 amide bonds. The van der Waals surface area contributed by atoms with E-state index in [4.69, 9.17) is 0 Å². The highest BCUT2D eigenvalue weighted by Gasteiger charge is 2.13. The van der Waals surface area contributed by atoms with Crippen LogP contribution in [0.15, 0.2) is 17.1 Å². The summed E-state index contributed by atoms with van der Waals surface area (Å²) in [6.45, 7) is 3.40. The number of halogens is 1. The Morgan fingerprint density at radius 1 is 1.69 bits per heavy atom. The first kappa shape index (κ1) is 9.21. The monoisotopic (exact) mass is 243 g/mol. The van der Waals surface area contributed by atoms with Crippen LogP contribution in [0.5, 0.6) is 0 Å². The van der Waals surface area contributed by atoms with Gasteiger partial charge in [-0.3, -0.25) is 0 Å². The second-order valence-corrected chi connectivity index (χ2v) is 4.27. The summed E-state index contributed by atoms with van der Waals surface area (Å²) in [6, 6.07) is 0. The normalized spacial score (nSPS) is 23.3. The van der Waals surface area contributed by atoms with Crippen molar-refractivity contribution < 1.29 is 0 Å². The average Bonchev–Trinajstić information content (AvgIpc) is 2.54. The van der Waals surface area contributed by atoms with Gasteiger partial charge in [0.25, 0.3) is 0 Å². The van der Waals surface area contributed by atoms with Crippen LogP contribution in [0.4, 0.5) is 0 Å². The lowest BCUT2D eigenvalue weighted by molar-refractivity contribution is 0.335. The lowest BCUT2D eigenvalue weighted by Crippen LogP contribution is -2.32. The Balaban J connectivity index is 1.93.